The number of nitrogens with one attached hydrogen (secondary N) is 1. The molecule has 0 fully saturated rings. The predicted octanol–water partition coefficient (Wildman–Crippen LogP) is 5.00. The number of hydrazone groups is 1. The van der Waals surface area contributed by atoms with Crippen LogP contribution in [-0.4, -0.2) is 23.7 Å². The number of nitro benzene ring substituents is 1. The van der Waals surface area contributed by atoms with Gasteiger partial charge in [0, 0.05) is 17.7 Å². The molecule has 1 N–H and O–H groups in total. The number of nitro groups is 1. The van der Waals surface area contributed by atoms with Gasteiger partial charge in [0.05, 0.1) is 11.1 Å². The molecule has 0 aliphatic heterocycles. The second kappa shape index (κ2) is 10.9. The van der Waals surface area contributed by atoms with Crippen LogP contribution in [0.3, 0.4) is 0 Å². The zero-order chi connectivity index (χ0) is 24.6. The van der Waals surface area contributed by atoms with Crippen LogP contribution >= 0.6 is 0 Å². The minimum absolute atomic E-state index is 0.0704. The summed E-state index contributed by atoms with van der Waals surface area (Å²) in [6.07, 6.45) is 1.49. The van der Waals surface area contributed by atoms with E-state index in [9.17, 15) is 19.3 Å². The van der Waals surface area contributed by atoms with Crippen LogP contribution < -0.4 is 14.9 Å². The Morgan fingerprint density at radius 2 is 1.71 bits per heavy atom. The summed E-state index contributed by atoms with van der Waals surface area (Å²) in [5.41, 5.74) is 3.81. The molecule has 0 aliphatic carbocycles. The minimum Gasteiger partial charge on any atom is -0.488 e. The van der Waals surface area contributed by atoms with Crippen LogP contribution in [0, 0.1) is 15.9 Å². The highest BCUT2D eigenvalue weighted by Gasteiger charge is 2.09. The van der Waals surface area contributed by atoms with Crippen molar-refractivity contribution in [3.05, 3.63) is 112 Å². The number of nitrogens with zero attached hydrogens (tertiary/aromatic N) is 2. The molecule has 0 bridgehead atoms. The van der Waals surface area contributed by atoms with Crippen molar-refractivity contribution < 1.29 is 23.6 Å². The number of non-ortho nitro benzene ring substituents is 1. The summed E-state index contributed by atoms with van der Waals surface area (Å²) in [5.74, 6) is 0.0441. The average molecular weight is 473 g/mol. The molecular formula is C26H20FN3O5. The molecule has 0 saturated heterocycles. The lowest BCUT2D eigenvalue weighted by Gasteiger charge is -2.12. The van der Waals surface area contributed by atoms with Crippen LogP contribution in [-0.2, 0) is 11.4 Å². The van der Waals surface area contributed by atoms with Crippen LogP contribution in [0.4, 0.5) is 10.1 Å². The van der Waals surface area contributed by atoms with Gasteiger partial charge >= 0.3 is 0 Å². The highest BCUT2D eigenvalue weighted by molar-refractivity contribution is 6.02. The molecule has 0 saturated carbocycles. The minimum atomic E-state index is -0.518. The third kappa shape index (κ3) is 6.17. The van der Waals surface area contributed by atoms with E-state index in [2.05, 4.69) is 10.5 Å². The first-order valence-corrected chi connectivity index (χ1v) is 10.6. The molecule has 9 heteroatoms. The number of hydrogen-bond donors (Lipinski definition) is 1. The fourth-order valence-electron chi connectivity index (χ4n) is 3.29. The first-order valence-electron chi connectivity index (χ1n) is 10.6. The van der Waals surface area contributed by atoms with Crippen molar-refractivity contribution in [2.75, 3.05) is 6.61 Å². The van der Waals surface area contributed by atoms with Gasteiger partial charge in [0.1, 0.15) is 23.9 Å². The first-order chi connectivity index (χ1) is 17.0. The summed E-state index contributed by atoms with van der Waals surface area (Å²) in [6.45, 7) is -0.0898. The standard InChI is InChI=1S/C26H20FN3O5/c27-20-8-5-18(6-9-20)16-35-25-14-7-19-3-1-2-4-23(19)24(25)15-28-29-26(31)17-34-22-12-10-21(11-13-22)30(32)33/h1-15H,16-17H2,(H,29,31)/b28-15+. The van der Waals surface area contributed by atoms with Crippen molar-refractivity contribution in [2.45, 2.75) is 6.61 Å². The Labute approximate surface area is 199 Å². The van der Waals surface area contributed by atoms with Gasteiger partial charge in [-0.05, 0) is 46.7 Å². The molecule has 0 radical (unpaired) electrons. The SMILES string of the molecule is O=C(COc1ccc([N+](=O)[O-])cc1)N/N=C/c1c(OCc2ccc(F)cc2)ccc2ccccc12. The molecule has 0 atom stereocenters. The van der Waals surface area contributed by atoms with E-state index in [1.165, 1.54) is 42.6 Å². The Morgan fingerprint density at radius 3 is 2.46 bits per heavy atom. The smallest absolute Gasteiger partial charge is 0.277 e. The van der Waals surface area contributed by atoms with E-state index in [0.717, 1.165) is 16.3 Å². The molecule has 1 amide bonds. The van der Waals surface area contributed by atoms with Gasteiger partial charge in [0.25, 0.3) is 11.6 Å². The maximum absolute atomic E-state index is 13.2. The molecule has 35 heavy (non-hydrogen) atoms. The quantitative estimate of drug-likeness (QED) is 0.209. The van der Waals surface area contributed by atoms with Gasteiger partial charge < -0.3 is 9.47 Å². The molecule has 4 rings (SSSR count). The molecule has 4 aromatic carbocycles. The Bertz CT molecular complexity index is 1370. The number of carbonyl (C=O) groups is 1. The number of hydrogen-bond acceptors (Lipinski definition) is 6. The van der Waals surface area contributed by atoms with Crippen molar-refractivity contribution in [1.82, 2.24) is 5.43 Å². The number of fused-ring (bicyclic) bond motifs is 1. The van der Waals surface area contributed by atoms with E-state index < -0.39 is 10.8 Å². The van der Waals surface area contributed by atoms with Gasteiger partial charge in [-0.2, -0.15) is 5.10 Å². The zero-order valence-corrected chi connectivity index (χ0v) is 18.4. The number of carbonyl (C=O) groups excluding carboxylic acids is 1. The molecule has 0 heterocycles. The molecule has 0 unspecified atom stereocenters. The lowest BCUT2D eigenvalue weighted by Crippen LogP contribution is -2.24. The topological polar surface area (TPSA) is 103 Å². The van der Waals surface area contributed by atoms with Crippen molar-refractivity contribution in [3.63, 3.8) is 0 Å². The van der Waals surface area contributed by atoms with Gasteiger partial charge in [-0.15, -0.1) is 0 Å². The fraction of sp³-hybridized carbons (Fsp3) is 0.0769. The van der Waals surface area contributed by atoms with Crippen LogP contribution in [0.25, 0.3) is 10.8 Å². The largest absolute Gasteiger partial charge is 0.488 e. The zero-order valence-electron chi connectivity index (χ0n) is 18.4. The first kappa shape index (κ1) is 23.4. The lowest BCUT2D eigenvalue weighted by atomic mass is 10.0. The van der Waals surface area contributed by atoms with Gasteiger partial charge in [0.15, 0.2) is 6.61 Å². The van der Waals surface area contributed by atoms with E-state index in [1.807, 2.05) is 36.4 Å². The summed E-state index contributed by atoms with van der Waals surface area (Å²) >= 11 is 0. The summed E-state index contributed by atoms with van der Waals surface area (Å²) in [6, 6.07) is 22.9. The monoisotopic (exact) mass is 473 g/mol. The fourth-order valence-corrected chi connectivity index (χ4v) is 3.29. The number of benzene rings is 4. The van der Waals surface area contributed by atoms with E-state index in [-0.39, 0.29) is 24.7 Å². The summed E-state index contributed by atoms with van der Waals surface area (Å²) in [5, 5.41) is 16.6. The van der Waals surface area contributed by atoms with Crippen LogP contribution in [0.5, 0.6) is 11.5 Å². The summed E-state index contributed by atoms with van der Waals surface area (Å²) in [7, 11) is 0. The Kier molecular flexibility index (Phi) is 7.27. The number of ether oxygens (including phenoxy) is 2. The Hall–Kier alpha value is -4.79. The van der Waals surface area contributed by atoms with E-state index >= 15 is 0 Å². The Balaban J connectivity index is 1.43. The Morgan fingerprint density at radius 1 is 0.971 bits per heavy atom. The number of rotatable bonds is 9. The van der Waals surface area contributed by atoms with Gasteiger partial charge in [-0.25, -0.2) is 9.82 Å². The highest BCUT2D eigenvalue weighted by atomic mass is 19.1. The number of amides is 1. The van der Waals surface area contributed by atoms with E-state index in [4.69, 9.17) is 9.47 Å². The molecule has 0 aliphatic rings. The normalized spacial score (nSPS) is 10.9. The molecule has 0 spiro atoms. The molecule has 176 valence electrons. The van der Waals surface area contributed by atoms with E-state index in [1.54, 1.807) is 12.1 Å². The average Bonchev–Trinajstić information content (AvgIpc) is 2.88. The predicted molar refractivity (Wildman–Crippen MR) is 129 cm³/mol. The van der Waals surface area contributed by atoms with Gasteiger partial charge in [-0.1, -0.05) is 42.5 Å². The van der Waals surface area contributed by atoms with Crippen molar-refractivity contribution in [3.8, 4) is 11.5 Å². The summed E-state index contributed by atoms with van der Waals surface area (Å²) < 4.78 is 24.5. The second-order valence-electron chi connectivity index (χ2n) is 7.45. The maximum Gasteiger partial charge on any atom is 0.277 e. The molecule has 4 aromatic rings. The van der Waals surface area contributed by atoms with Crippen LogP contribution in [0.1, 0.15) is 11.1 Å². The van der Waals surface area contributed by atoms with Gasteiger partial charge in [-0.3, -0.25) is 14.9 Å². The van der Waals surface area contributed by atoms with Crippen LogP contribution in [0.15, 0.2) is 90.0 Å². The molecule has 8 nitrogen and oxygen atoms in total. The van der Waals surface area contributed by atoms with Crippen LogP contribution in [0.2, 0.25) is 0 Å². The highest BCUT2D eigenvalue weighted by Crippen LogP contribution is 2.27. The van der Waals surface area contributed by atoms with Crippen molar-refractivity contribution in [1.29, 1.82) is 0 Å². The van der Waals surface area contributed by atoms with Crippen molar-refractivity contribution >= 4 is 28.6 Å². The lowest BCUT2D eigenvalue weighted by molar-refractivity contribution is -0.384. The molecular weight excluding hydrogens is 453 g/mol. The van der Waals surface area contributed by atoms with Gasteiger partial charge in [0.2, 0.25) is 0 Å². The third-order valence-electron chi connectivity index (χ3n) is 5.04. The van der Waals surface area contributed by atoms with Crippen molar-refractivity contribution in [2.24, 2.45) is 5.10 Å². The number of halogens is 1. The van der Waals surface area contributed by atoms with E-state index in [0.29, 0.717) is 17.1 Å². The third-order valence-corrected chi connectivity index (χ3v) is 5.04. The molecule has 0 aromatic heterocycles. The second-order valence-corrected chi connectivity index (χ2v) is 7.45. The maximum atomic E-state index is 13.2. The summed E-state index contributed by atoms with van der Waals surface area (Å²) in [4.78, 5) is 22.3.